The number of benzene rings is 1. The molecule has 0 aromatic heterocycles. The van der Waals surface area contributed by atoms with Gasteiger partial charge in [-0.1, -0.05) is 18.2 Å². The van der Waals surface area contributed by atoms with Crippen molar-refractivity contribution in [2.45, 2.75) is 6.92 Å². The molecule has 1 aromatic rings. The lowest BCUT2D eigenvalue weighted by atomic mass is 10.1. The topological polar surface area (TPSA) is 63.6 Å². The van der Waals surface area contributed by atoms with Gasteiger partial charge in [0.05, 0.1) is 5.56 Å². The van der Waals surface area contributed by atoms with Crippen LogP contribution in [0.3, 0.4) is 0 Å². The number of aromatic hydroxyl groups is 1. The maximum absolute atomic E-state index is 11.9. The van der Waals surface area contributed by atoms with E-state index in [0.717, 1.165) is 6.29 Å². The highest BCUT2D eigenvalue weighted by Gasteiger charge is 2.26. The Morgan fingerprint density at radius 3 is 2.84 bits per heavy atom. The number of ether oxygens (including phenoxy) is 1. The molecule has 0 atom stereocenters. The normalized spacial score (nSPS) is 16.8. The molecule has 0 bridgehead atoms. The van der Waals surface area contributed by atoms with Crippen molar-refractivity contribution in [2.75, 3.05) is 0 Å². The van der Waals surface area contributed by atoms with Gasteiger partial charge in [0.15, 0.2) is 5.76 Å². The smallest absolute Gasteiger partial charge is 0.232 e. The van der Waals surface area contributed by atoms with Crippen LogP contribution in [0.15, 0.2) is 53.8 Å². The summed E-state index contributed by atoms with van der Waals surface area (Å²) in [5.74, 6) is 0.375. The van der Waals surface area contributed by atoms with Crippen molar-refractivity contribution in [2.24, 2.45) is 0 Å². The second-order valence-electron chi connectivity index (χ2n) is 4.06. The van der Waals surface area contributed by atoms with E-state index >= 15 is 0 Å². The van der Waals surface area contributed by atoms with Crippen molar-refractivity contribution < 1.29 is 19.4 Å². The SMILES string of the molecule is C\C(C=O)=C/C=C/C=C1\Oc2ccc(O)cc2C1=O. The van der Waals surface area contributed by atoms with Crippen LogP contribution in [0.2, 0.25) is 0 Å². The summed E-state index contributed by atoms with van der Waals surface area (Å²) in [6.45, 7) is 1.68. The number of hydrogen-bond acceptors (Lipinski definition) is 4. The van der Waals surface area contributed by atoms with Crippen LogP contribution in [-0.2, 0) is 4.79 Å². The molecule has 0 fully saturated rings. The lowest BCUT2D eigenvalue weighted by Crippen LogP contribution is -1.97. The van der Waals surface area contributed by atoms with E-state index in [1.54, 1.807) is 31.2 Å². The van der Waals surface area contributed by atoms with Crippen LogP contribution in [0, 0.1) is 0 Å². The number of hydrogen-bond donors (Lipinski definition) is 1. The predicted molar refractivity (Wildman–Crippen MR) is 70.1 cm³/mol. The zero-order valence-corrected chi connectivity index (χ0v) is 10.3. The number of ketones is 1. The molecule has 2 rings (SSSR count). The Hall–Kier alpha value is -2.62. The van der Waals surface area contributed by atoms with Gasteiger partial charge in [-0.15, -0.1) is 0 Å². The van der Waals surface area contributed by atoms with E-state index in [1.807, 2.05) is 0 Å². The minimum Gasteiger partial charge on any atom is -0.508 e. The van der Waals surface area contributed by atoms with E-state index < -0.39 is 0 Å². The number of carbonyl (C=O) groups excluding carboxylic acids is 2. The van der Waals surface area contributed by atoms with Crippen molar-refractivity contribution in [3.8, 4) is 11.5 Å². The molecule has 4 heteroatoms. The van der Waals surface area contributed by atoms with Crippen LogP contribution in [0.25, 0.3) is 0 Å². The van der Waals surface area contributed by atoms with Crippen LogP contribution in [0.4, 0.5) is 0 Å². The highest BCUT2D eigenvalue weighted by molar-refractivity contribution is 6.12. The summed E-state index contributed by atoms with van der Waals surface area (Å²) in [5, 5.41) is 9.32. The maximum atomic E-state index is 11.9. The van der Waals surface area contributed by atoms with Crippen molar-refractivity contribution in [3.63, 3.8) is 0 Å². The van der Waals surface area contributed by atoms with Gasteiger partial charge in [-0.05, 0) is 36.8 Å². The fraction of sp³-hybridized carbons (Fsp3) is 0.0667. The number of Topliss-reactive ketones (excluding diaryl/α,β-unsaturated/α-hetero) is 1. The molecule has 0 unspecified atom stereocenters. The third-order valence-corrected chi connectivity index (χ3v) is 2.56. The molecule has 0 radical (unpaired) electrons. The van der Waals surface area contributed by atoms with Gasteiger partial charge in [-0.2, -0.15) is 0 Å². The molecular weight excluding hydrogens is 244 g/mol. The first-order valence-electron chi connectivity index (χ1n) is 5.68. The Morgan fingerprint density at radius 1 is 1.32 bits per heavy atom. The molecule has 0 spiro atoms. The summed E-state index contributed by atoms with van der Waals surface area (Å²) in [6, 6.07) is 4.38. The molecule has 0 saturated heterocycles. The first-order chi connectivity index (χ1) is 9.11. The summed E-state index contributed by atoms with van der Waals surface area (Å²) in [5.41, 5.74) is 0.931. The van der Waals surface area contributed by atoms with Gasteiger partial charge < -0.3 is 9.84 Å². The Morgan fingerprint density at radius 2 is 2.11 bits per heavy atom. The number of rotatable bonds is 3. The van der Waals surface area contributed by atoms with Gasteiger partial charge >= 0.3 is 0 Å². The van der Waals surface area contributed by atoms with Crippen molar-refractivity contribution in [1.82, 2.24) is 0 Å². The van der Waals surface area contributed by atoms with Crippen LogP contribution in [0.1, 0.15) is 17.3 Å². The molecule has 0 amide bonds. The molecule has 1 aliphatic rings. The summed E-state index contributed by atoms with van der Waals surface area (Å²) < 4.78 is 5.37. The molecule has 19 heavy (non-hydrogen) atoms. The molecule has 1 aliphatic heterocycles. The Balaban J connectivity index is 2.18. The van der Waals surface area contributed by atoms with E-state index in [-0.39, 0.29) is 17.3 Å². The first kappa shape index (κ1) is 12.8. The zero-order valence-electron chi connectivity index (χ0n) is 10.3. The quantitative estimate of drug-likeness (QED) is 0.513. The fourth-order valence-electron chi connectivity index (χ4n) is 1.58. The van der Waals surface area contributed by atoms with Gasteiger partial charge in [0.2, 0.25) is 5.78 Å². The monoisotopic (exact) mass is 256 g/mol. The van der Waals surface area contributed by atoms with Gasteiger partial charge in [0, 0.05) is 0 Å². The van der Waals surface area contributed by atoms with E-state index in [1.165, 1.54) is 18.2 Å². The number of aldehydes is 1. The van der Waals surface area contributed by atoms with Crippen molar-refractivity contribution >= 4 is 12.1 Å². The molecule has 0 aliphatic carbocycles. The molecular formula is C15H12O4. The van der Waals surface area contributed by atoms with E-state index in [0.29, 0.717) is 16.9 Å². The lowest BCUT2D eigenvalue weighted by Gasteiger charge is -1.96. The second-order valence-corrected chi connectivity index (χ2v) is 4.06. The third kappa shape index (κ3) is 2.80. The molecule has 0 saturated carbocycles. The van der Waals surface area contributed by atoms with E-state index in [4.69, 9.17) is 4.74 Å². The molecule has 96 valence electrons. The maximum Gasteiger partial charge on any atom is 0.232 e. The molecule has 4 nitrogen and oxygen atoms in total. The third-order valence-electron chi connectivity index (χ3n) is 2.56. The number of phenols is 1. The van der Waals surface area contributed by atoms with Crippen molar-refractivity contribution in [1.29, 1.82) is 0 Å². The lowest BCUT2D eigenvalue weighted by molar-refractivity contribution is -0.104. The highest BCUT2D eigenvalue weighted by atomic mass is 16.5. The molecule has 1 aromatic carbocycles. The average Bonchev–Trinajstić information content (AvgIpc) is 2.71. The Labute approximate surface area is 110 Å². The zero-order chi connectivity index (χ0) is 13.8. The number of carbonyl (C=O) groups is 2. The van der Waals surface area contributed by atoms with Crippen LogP contribution in [-0.4, -0.2) is 17.2 Å². The van der Waals surface area contributed by atoms with Gasteiger partial charge in [-0.3, -0.25) is 9.59 Å². The van der Waals surface area contributed by atoms with Gasteiger partial charge in [0.1, 0.15) is 17.8 Å². The first-order valence-corrected chi connectivity index (χ1v) is 5.68. The average molecular weight is 256 g/mol. The highest BCUT2D eigenvalue weighted by Crippen LogP contribution is 2.33. The summed E-state index contributed by atoms with van der Waals surface area (Å²) in [6.07, 6.45) is 7.16. The van der Waals surface area contributed by atoms with Crippen molar-refractivity contribution in [3.05, 3.63) is 59.4 Å². The fourth-order valence-corrected chi connectivity index (χ4v) is 1.58. The van der Waals surface area contributed by atoms with E-state index in [2.05, 4.69) is 0 Å². The van der Waals surface area contributed by atoms with E-state index in [9.17, 15) is 14.7 Å². The molecule has 1 N–H and O–H groups in total. The second kappa shape index (κ2) is 5.35. The summed E-state index contributed by atoms with van der Waals surface area (Å²) in [4.78, 5) is 22.3. The van der Waals surface area contributed by atoms with Gasteiger partial charge in [0.25, 0.3) is 0 Å². The van der Waals surface area contributed by atoms with Gasteiger partial charge in [-0.25, -0.2) is 0 Å². The minimum absolute atomic E-state index is 0.0250. The Bertz CT molecular complexity index is 621. The predicted octanol–water partition coefficient (Wildman–Crippen LogP) is 2.55. The summed E-state index contributed by atoms with van der Waals surface area (Å²) >= 11 is 0. The minimum atomic E-state index is -0.272. The largest absolute Gasteiger partial charge is 0.508 e. The number of fused-ring (bicyclic) bond motifs is 1. The number of allylic oxidation sites excluding steroid dienone is 6. The molecule has 1 heterocycles. The number of phenolic OH excluding ortho intramolecular Hbond substituents is 1. The van der Waals surface area contributed by atoms with Crippen LogP contribution < -0.4 is 4.74 Å². The standard InChI is InChI=1S/C15H12O4/c1-10(9-16)4-2-3-5-14-15(18)12-8-11(17)6-7-13(12)19-14/h2-9,17H,1H3/b3-2+,10-4+,14-5-. The van der Waals surface area contributed by atoms with Crippen LogP contribution in [0.5, 0.6) is 11.5 Å². The Kier molecular flexibility index (Phi) is 3.61. The van der Waals surface area contributed by atoms with Crippen LogP contribution >= 0.6 is 0 Å². The summed E-state index contributed by atoms with van der Waals surface area (Å²) in [7, 11) is 0.